The van der Waals surface area contributed by atoms with Gasteiger partial charge in [-0.2, -0.15) is 0 Å². The molecule has 1 aliphatic rings. The zero-order chi connectivity index (χ0) is 13.1. The fourth-order valence-electron chi connectivity index (χ4n) is 2.41. The normalized spacial score (nSPS) is 19.9. The molecule has 2 amide bonds. The van der Waals surface area contributed by atoms with Gasteiger partial charge in [-0.3, -0.25) is 5.32 Å². The summed E-state index contributed by atoms with van der Waals surface area (Å²) in [6, 6.07) is 0.0277. The van der Waals surface area contributed by atoms with Crippen LogP contribution in [0.2, 0.25) is 0 Å². The van der Waals surface area contributed by atoms with Crippen LogP contribution in [0, 0.1) is 19.8 Å². The highest BCUT2D eigenvalue weighted by atomic mass is 32.1. The number of piperidine rings is 1. The Balaban J connectivity index is 1.97. The van der Waals surface area contributed by atoms with Gasteiger partial charge in [0.2, 0.25) is 0 Å². The monoisotopic (exact) mass is 267 g/mol. The summed E-state index contributed by atoms with van der Waals surface area (Å²) in [5.74, 6) is 0.661. The molecular weight excluding hydrogens is 246 g/mol. The molecule has 1 unspecified atom stereocenters. The van der Waals surface area contributed by atoms with Crippen molar-refractivity contribution in [1.29, 1.82) is 0 Å². The number of aromatic nitrogens is 1. The van der Waals surface area contributed by atoms with Gasteiger partial charge >= 0.3 is 6.03 Å². The summed E-state index contributed by atoms with van der Waals surface area (Å²) in [4.78, 5) is 18.4. The first-order valence-electron chi connectivity index (χ1n) is 6.60. The molecule has 2 rings (SSSR count). The molecule has 0 radical (unpaired) electrons. The van der Waals surface area contributed by atoms with Crippen molar-refractivity contribution in [2.24, 2.45) is 5.92 Å². The number of thiazole rings is 1. The minimum absolute atomic E-state index is 0.0277. The van der Waals surface area contributed by atoms with E-state index in [0.717, 1.165) is 41.6 Å². The fourth-order valence-corrected chi connectivity index (χ4v) is 3.22. The smallest absolute Gasteiger partial charge is 0.322 e. The molecule has 0 aromatic carbocycles. The molecule has 1 saturated heterocycles. The lowest BCUT2D eigenvalue weighted by atomic mass is 9.96. The molecule has 0 bridgehead atoms. The first kappa shape index (κ1) is 13.3. The number of carbonyl (C=O) groups is 1. The Kier molecular flexibility index (Phi) is 4.22. The molecule has 1 aromatic rings. The van der Waals surface area contributed by atoms with Gasteiger partial charge in [0.05, 0.1) is 10.7 Å². The van der Waals surface area contributed by atoms with E-state index in [1.807, 2.05) is 18.7 Å². The van der Waals surface area contributed by atoms with Gasteiger partial charge in [-0.25, -0.2) is 9.78 Å². The van der Waals surface area contributed by atoms with Crippen molar-refractivity contribution < 1.29 is 4.79 Å². The molecule has 0 saturated carbocycles. The van der Waals surface area contributed by atoms with Crippen LogP contribution >= 0.6 is 11.3 Å². The zero-order valence-corrected chi connectivity index (χ0v) is 12.1. The van der Waals surface area contributed by atoms with Crippen LogP contribution in [-0.4, -0.2) is 29.0 Å². The maximum atomic E-state index is 12.2. The van der Waals surface area contributed by atoms with Gasteiger partial charge in [-0.15, -0.1) is 11.3 Å². The third-order valence-electron chi connectivity index (χ3n) is 3.51. The summed E-state index contributed by atoms with van der Waals surface area (Å²) < 4.78 is 0. The van der Waals surface area contributed by atoms with E-state index in [2.05, 4.69) is 17.2 Å². The van der Waals surface area contributed by atoms with Gasteiger partial charge in [-0.1, -0.05) is 13.3 Å². The Bertz CT molecular complexity index is 430. The Morgan fingerprint density at radius 2 is 2.33 bits per heavy atom. The minimum Gasteiger partial charge on any atom is -0.324 e. The summed E-state index contributed by atoms with van der Waals surface area (Å²) >= 11 is 1.54. The molecule has 1 aromatic heterocycles. The quantitative estimate of drug-likeness (QED) is 0.892. The van der Waals surface area contributed by atoms with Crippen molar-refractivity contribution in [3.63, 3.8) is 0 Å². The highest BCUT2D eigenvalue weighted by Crippen LogP contribution is 2.25. The molecule has 100 valence electrons. The van der Waals surface area contributed by atoms with E-state index < -0.39 is 0 Å². The molecule has 4 nitrogen and oxygen atoms in total. The van der Waals surface area contributed by atoms with Crippen LogP contribution in [-0.2, 0) is 0 Å². The number of nitrogens with zero attached hydrogens (tertiary/aromatic N) is 2. The maximum Gasteiger partial charge on any atom is 0.322 e. The number of aryl methyl sites for hydroxylation is 2. The second-order valence-corrected chi connectivity index (χ2v) is 6.14. The standard InChI is InChI=1S/C13H21N3OS/c1-4-11-6-5-7-16(8-11)13(17)15-12-9(2)14-10(3)18-12/h11H,4-8H2,1-3H3,(H,15,17). The van der Waals surface area contributed by atoms with Gasteiger partial charge in [0.25, 0.3) is 0 Å². The molecule has 1 atom stereocenters. The number of nitrogens with one attached hydrogen (secondary N) is 1. The van der Waals surface area contributed by atoms with E-state index in [0.29, 0.717) is 5.92 Å². The van der Waals surface area contributed by atoms with E-state index in [-0.39, 0.29) is 6.03 Å². The molecular formula is C13H21N3OS. The van der Waals surface area contributed by atoms with Crippen LogP contribution in [0.1, 0.15) is 36.9 Å². The highest BCUT2D eigenvalue weighted by Gasteiger charge is 2.23. The second kappa shape index (κ2) is 5.69. The Labute approximate surface area is 112 Å². The Hall–Kier alpha value is -1.10. The maximum absolute atomic E-state index is 12.2. The molecule has 1 aliphatic heterocycles. The number of likely N-dealkylation sites (tertiary alicyclic amines) is 1. The van der Waals surface area contributed by atoms with Crippen LogP contribution in [0.25, 0.3) is 0 Å². The van der Waals surface area contributed by atoms with E-state index in [1.54, 1.807) is 11.3 Å². The number of anilines is 1. The van der Waals surface area contributed by atoms with Crippen molar-refractivity contribution >= 4 is 22.4 Å². The van der Waals surface area contributed by atoms with Crippen molar-refractivity contribution in [2.75, 3.05) is 18.4 Å². The lowest BCUT2D eigenvalue weighted by Crippen LogP contribution is -2.42. The highest BCUT2D eigenvalue weighted by molar-refractivity contribution is 7.16. The average molecular weight is 267 g/mol. The van der Waals surface area contributed by atoms with E-state index in [1.165, 1.54) is 6.42 Å². The largest absolute Gasteiger partial charge is 0.324 e. The summed E-state index contributed by atoms with van der Waals surface area (Å²) in [7, 11) is 0. The number of hydrogen-bond acceptors (Lipinski definition) is 3. The van der Waals surface area contributed by atoms with Crippen molar-refractivity contribution in [3.05, 3.63) is 10.7 Å². The number of hydrogen-bond donors (Lipinski definition) is 1. The topological polar surface area (TPSA) is 45.2 Å². The molecule has 18 heavy (non-hydrogen) atoms. The lowest BCUT2D eigenvalue weighted by molar-refractivity contribution is 0.176. The Morgan fingerprint density at radius 3 is 2.94 bits per heavy atom. The van der Waals surface area contributed by atoms with Crippen LogP contribution in [0.15, 0.2) is 0 Å². The van der Waals surface area contributed by atoms with Gasteiger partial charge in [-0.05, 0) is 32.6 Å². The molecule has 0 aliphatic carbocycles. The second-order valence-electron chi connectivity index (χ2n) is 4.94. The first-order valence-corrected chi connectivity index (χ1v) is 7.41. The number of rotatable bonds is 2. The number of urea groups is 1. The SMILES string of the molecule is CCC1CCCN(C(=O)Nc2sc(C)nc2C)C1. The summed E-state index contributed by atoms with van der Waals surface area (Å²) in [5.41, 5.74) is 0.912. The van der Waals surface area contributed by atoms with Gasteiger partial charge < -0.3 is 4.90 Å². The molecule has 0 spiro atoms. The third kappa shape index (κ3) is 3.02. The predicted molar refractivity (Wildman–Crippen MR) is 75.2 cm³/mol. The fraction of sp³-hybridized carbons (Fsp3) is 0.692. The molecule has 1 N–H and O–H groups in total. The van der Waals surface area contributed by atoms with Gasteiger partial charge in [0.1, 0.15) is 5.00 Å². The zero-order valence-electron chi connectivity index (χ0n) is 11.3. The summed E-state index contributed by atoms with van der Waals surface area (Å²) in [6.07, 6.45) is 3.52. The minimum atomic E-state index is 0.0277. The summed E-state index contributed by atoms with van der Waals surface area (Å²) in [6.45, 7) is 7.85. The van der Waals surface area contributed by atoms with Gasteiger partial charge in [0.15, 0.2) is 0 Å². The van der Waals surface area contributed by atoms with Gasteiger partial charge in [0, 0.05) is 13.1 Å². The number of carbonyl (C=O) groups excluding carboxylic acids is 1. The van der Waals surface area contributed by atoms with Crippen molar-refractivity contribution in [2.45, 2.75) is 40.0 Å². The predicted octanol–water partition coefficient (Wildman–Crippen LogP) is 3.41. The van der Waals surface area contributed by atoms with Crippen LogP contribution in [0.4, 0.5) is 9.80 Å². The molecule has 1 fully saturated rings. The Morgan fingerprint density at radius 1 is 1.56 bits per heavy atom. The average Bonchev–Trinajstić information content (AvgIpc) is 2.68. The van der Waals surface area contributed by atoms with E-state index in [9.17, 15) is 4.79 Å². The van der Waals surface area contributed by atoms with Crippen molar-refractivity contribution in [3.8, 4) is 0 Å². The van der Waals surface area contributed by atoms with Crippen molar-refractivity contribution in [1.82, 2.24) is 9.88 Å². The summed E-state index contributed by atoms with van der Waals surface area (Å²) in [5, 5.41) is 4.87. The van der Waals surface area contributed by atoms with Crippen LogP contribution in [0.5, 0.6) is 0 Å². The molecule has 2 heterocycles. The lowest BCUT2D eigenvalue weighted by Gasteiger charge is -2.32. The number of amides is 2. The van der Waals surface area contributed by atoms with E-state index >= 15 is 0 Å². The third-order valence-corrected chi connectivity index (χ3v) is 4.50. The van der Waals surface area contributed by atoms with Crippen LogP contribution < -0.4 is 5.32 Å². The van der Waals surface area contributed by atoms with Crippen LogP contribution in [0.3, 0.4) is 0 Å². The first-order chi connectivity index (χ1) is 8.60. The van der Waals surface area contributed by atoms with E-state index in [4.69, 9.17) is 0 Å². The molecule has 5 heteroatoms.